The van der Waals surface area contributed by atoms with E-state index in [4.69, 9.17) is 0 Å². The van der Waals surface area contributed by atoms with Crippen LogP contribution in [0.15, 0.2) is 51.0 Å². The van der Waals surface area contributed by atoms with Gasteiger partial charge in [0, 0.05) is 17.7 Å². The van der Waals surface area contributed by atoms with Crippen LogP contribution in [-0.4, -0.2) is 18.1 Å². The second kappa shape index (κ2) is 12.5. The molecule has 0 aromatic carbocycles. The van der Waals surface area contributed by atoms with Crippen LogP contribution < -0.4 is 5.32 Å². The Labute approximate surface area is 188 Å². The summed E-state index contributed by atoms with van der Waals surface area (Å²) in [6.07, 6.45) is 9.41. The van der Waals surface area contributed by atoms with Crippen LogP contribution in [-0.2, 0) is 9.59 Å². The van der Waals surface area contributed by atoms with E-state index in [2.05, 4.69) is 58.1 Å². The Balaban J connectivity index is 3.19. The predicted octanol–water partition coefficient (Wildman–Crippen LogP) is 6.71. The molecular formula is C26H40N2O3. The lowest BCUT2D eigenvalue weighted by Crippen LogP contribution is -2.35. The quantitative estimate of drug-likeness (QED) is 0.162. The van der Waals surface area contributed by atoms with Gasteiger partial charge in [0.25, 0.3) is 0 Å². The Kier molecular flexibility index (Phi) is 10.8. The summed E-state index contributed by atoms with van der Waals surface area (Å²) in [5, 5.41) is 6.23. The first-order chi connectivity index (χ1) is 14.5. The molecule has 1 aliphatic carbocycles. The second-order valence-electron chi connectivity index (χ2n) is 9.88. The largest absolute Gasteiger partial charge is 0.381 e. The number of carbonyl (C=O) groups is 2. The molecule has 0 spiro atoms. The molecule has 0 aromatic rings. The van der Waals surface area contributed by atoms with Crippen LogP contribution in [0.2, 0.25) is 0 Å². The summed E-state index contributed by atoms with van der Waals surface area (Å²) >= 11 is 0. The highest BCUT2D eigenvalue weighted by Gasteiger charge is 2.35. The molecule has 1 N–H and O–H groups in total. The highest BCUT2D eigenvalue weighted by molar-refractivity contribution is 6.24. The summed E-state index contributed by atoms with van der Waals surface area (Å²) in [7, 11) is 0. The smallest absolute Gasteiger partial charge is 0.213 e. The maximum Gasteiger partial charge on any atom is 0.213 e. The van der Waals surface area contributed by atoms with Gasteiger partial charge in [-0.1, -0.05) is 63.8 Å². The van der Waals surface area contributed by atoms with Gasteiger partial charge < -0.3 is 5.32 Å². The Morgan fingerprint density at radius 2 is 1.68 bits per heavy atom. The summed E-state index contributed by atoms with van der Waals surface area (Å²) in [6, 6.07) is 0. The van der Waals surface area contributed by atoms with Gasteiger partial charge in [0.2, 0.25) is 11.6 Å². The molecule has 0 aromatic heterocycles. The molecule has 0 amide bonds. The van der Waals surface area contributed by atoms with Gasteiger partial charge in [-0.15, -0.1) is 4.91 Å². The van der Waals surface area contributed by atoms with Crippen LogP contribution in [0.4, 0.5) is 0 Å². The monoisotopic (exact) mass is 428 g/mol. The molecule has 0 saturated heterocycles. The van der Waals surface area contributed by atoms with Crippen molar-refractivity contribution in [1.82, 2.24) is 5.32 Å². The molecule has 0 fully saturated rings. The van der Waals surface area contributed by atoms with Crippen molar-refractivity contribution >= 4 is 11.6 Å². The van der Waals surface area contributed by atoms with Crippen molar-refractivity contribution in [3.8, 4) is 0 Å². The average Bonchev–Trinajstić information content (AvgIpc) is 2.67. The zero-order valence-corrected chi connectivity index (χ0v) is 20.5. The summed E-state index contributed by atoms with van der Waals surface area (Å²) in [4.78, 5) is 38.0. The van der Waals surface area contributed by atoms with Crippen molar-refractivity contribution in [3.63, 3.8) is 0 Å². The van der Waals surface area contributed by atoms with E-state index < -0.39 is 5.78 Å². The van der Waals surface area contributed by atoms with Gasteiger partial charge in [-0.25, -0.2) is 0 Å². The van der Waals surface area contributed by atoms with Gasteiger partial charge in [-0.05, 0) is 63.5 Å². The van der Waals surface area contributed by atoms with Crippen LogP contribution >= 0.6 is 0 Å². The van der Waals surface area contributed by atoms with Crippen molar-refractivity contribution < 1.29 is 9.59 Å². The number of ketones is 2. The van der Waals surface area contributed by atoms with Crippen molar-refractivity contribution in [2.45, 2.75) is 93.4 Å². The number of carbonyl (C=O) groups excluding carboxylic acids is 2. The van der Waals surface area contributed by atoms with E-state index in [0.29, 0.717) is 24.2 Å². The molecule has 0 heterocycles. The number of nitrogens with zero attached hydrogens (tertiary/aromatic N) is 1. The molecule has 0 saturated carbocycles. The highest BCUT2D eigenvalue weighted by Crippen LogP contribution is 2.30. The SMILES string of the molecule is CCCCCC1=C(NCC(C)(C)C)C(=O)C(C/C=C(\C)CCC=C(C)C)=C(N=O)C1=O. The van der Waals surface area contributed by atoms with E-state index >= 15 is 0 Å². The molecular weight excluding hydrogens is 388 g/mol. The Morgan fingerprint density at radius 1 is 1.00 bits per heavy atom. The third-order valence-corrected chi connectivity index (χ3v) is 5.24. The zero-order chi connectivity index (χ0) is 23.6. The fourth-order valence-electron chi connectivity index (χ4n) is 3.37. The van der Waals surface area contributed by atoms with Crippen molar-refractivity contribution in [1.29, 1.82) is 0 Å². The number of unbranched alkanes of at least 4 members (excludes halogenated alkanes) is 2. The van der Waals surface area contributed by atoms with E-state index in [1.807, 2.05) is 13.0 Å². The minimum Gasteiger partial charge on any atom is -0.381 e. The van der Waals surface area contributed by atoms with Gasteiger partial charge in [-0.3, -0.25) is 9.59 Å². The zero-order valence-electron chi connectivity index (χ0n) is 20.5. The van der Waals surface area contributed by atoms with Gasteiger partial charge >= 0.3 is 0 Å². The molecule has 0 bridgehead atoms. The summed E-state index contributed by atoms with van der Waals surface area (Å²) in [5.41, 5.74) is 3.09. The predicted molar refractivity (Wildman–Crippen MR) is 128 cm³/mol. The minimum absolute atomic E-state index is 0.0562. The number of allylic oxidation sites excluding steroid dienone is 6. The third kappa shape index (κ3) is 8.76. The van der Waals surface area contributed by atoms with E-state index in [1.54, 1.807) is 0 Å². The third-order valence-electron chi connectivity index (χ3n) is 5.24. The summed E-state index contributed by atoms with van der Waals surface area (Å²) in [6.45, 7) is 15.0. The molecule has 1 aliphatic rings. The van der Waals surface area contributed by atoms with E-state index in [9.17, 15) is 14.5 Å². The van der Waals surface area contributed by atoms with Gasteiger partial charge in [0.15, 0.2) is 5.70 Å². The molecule has 172 valence electrons. The maximum absolute atomic E-state index is 13.3. The fourth-order valence-corrected chi connectivity index (χ4v) is 3.37. The number of hydrogen-bond acceptors (Lipinski definition) is 5. The first kappa shape index (κ1) is 26.7. The summed E-state index contributed by atoms with van der Waals surface area (Å²) < 4.78 is 0. The highest BCUT2D eigenvalue weighted by atomic mass is 16.3. The Hall–Kier alpha value is -2.30. The number of nitroso groups, excluding NO2 is 1. The molecule has 0 unspecified atom stereocenters. The topological polar surface area (TPSA) is 75.6 Å². The first-order valence-electron chi connectivity index (χ1n) is 11.4. The Bertz CT molecular complexity index is 801. The fraction of sp³-hybridized carbons (Fsp3) is 0.615. The lowest BCUT2D eigenvalue weighted by atomic mass is 9.86. The van der Waals surface area contributed by atoms with Gasteiger partial charge in [0.1, 0.15) is 0 Å². The van der Waals surface area contributed by atoms with Crippen molar-refractivity contribution in [2.24, 2.45) is 10.6 Å². The van der Waals surface area contributed by atoms with Crippen molar-refractivity contribution in [3.05, 3.63) is 50.7 Å². The lowest BCUT2D eigenvalue weighted by Gasteiger charge is -2.25. The molecule has 1 rings (SSSR count). The molecule has 5 heteroatoms. The van der Waals surface area contributed by atoms with Crippen LogP contribution in [0.25, 0.3) is 0 Å². The summed E-state index contributed by atoms with van der Waals surface area (Å²) in [5.74, 6) is -0.661. The molecule has 5 nitrogen and oxygen atoms in total. The molecule has 0 atom stereocenters. The molecule has 0 radical (unpaired) electrons. The van der Waals surface area contributed by atoms with Gasteiger partial charge in [-0.2, -0.15) is 0 Å². The van der Waals surface area contributed by atoms with Crippen LogP contribution in [0.5, 0.6) is 0 Å². The normalized spacial score (nSPS) is 15.5. The van der Waals surface area contributed by atoms with E-state index in [1.165, 1.54) is 5.57 Å². The van der Waals surface area contributed by atoms with E-state index in [0.717, 1.165) is 37.7 Å². The molecule has 0 aliphatic heterocycles. The van der Waals surface area contributed by atoms with Crippen LogP contribution in [0.3, 0.4) is 0 Å². The Morgan fingerprint density at radius 3 is 2.23 bits per heavy atom. The maximum atomic E-state index is 13.3. The second-order valence-corrected chi connectivity index (χ2v) is 9.88. The van der Waals surface area contributed by atoms with Gasteiger partial charge in [0.05, 0.1) is 5.70 Å². The number of nitrogens with one attached hydrogen (secondary N) is 1. The first-order valence-corrected chi connectivity index (χ1v) is 11.4. The van der Waals surface area contributed by atoms with Crippen molar-refractivity contribution in [2.75, 3.05) is 6.54 Å². The minimum atomic E-state index is -0.396. The van der Waals surface area contributed by atoms with Crippen LogP contribution in [0.1, 0.15) is 93.4 Å². The number of Topliss-reactive ketones (excluding diaryl/α,β-unsaturated/α-hetero) is 2. The van der Waals surface area contributed by atoms with E-state index in [-0.39, 0.29) is 28.9 Å². The molecule has 31 heavy (non-hydrogen) atoms. The average molecular weight is 429 g/mol. The standard InChI is InChI=1S/C26H40N2O3/c1-8-9-10-14-20-22(27-17-26(5,6)7)24(29)21(23(28-31)25(20)30)16-15-19(4)13-11-12-18(2)3/h12,15,27H,8-11,13-14,16-17H2,1-7H3/b19-15+. The van der Waals surface area contributed by atoms with Crippen LogP contribution in [0, 0.1) is 10.3 Å². The number of hydrogen-bond donors (Lipinski definition) is 1. The number of rotatable bonds is 12. The lowest BCUT2D eigenvalue weighted by molar-refractivity contribution is -0.117.